The maximum Gasteiger partial charge on any atom is 0.0223 e. The number of rotatable bonds is 12. The van der Waals surface area contributed by atoms with Crippen molar-refractivity contribution < 1.29 is 0 Å². The Morgan fingerprint density at radius 3 is 1.12 bits per heavy atom. The molecule has 0 aliphatic carbocycles. The molecule has 0 saturated carbocycles. The lowest BCUT2D eigenvalue weighted by molar-refractivity contribution is 0.579. The highest BCUT2D eigenvalue weighted by atomic mass is 35.5. The summed E-state index contributed by atoms with van der Waals surface area (Å²) in [5, 5.41) is 4.19. The fraction of sp³-hybridized carbons (Fsp3) is 0.357. The Kier molecular flexibility index (Phi) is 17.1. The van der Waals surface area contributed by atoms with Gasteiger partial charge in [-0.1, -0.05) is 130 Å². The zero-order chi connectivity index (χ0) is 22.0. The van der Waals surface area contributed by atoms with Gasteiger partial charge in [-0.15, -0.1) is 24.0 Å². The molecule has 4 heteroatoms. The normalized spacial score (nSPS) is 10.2. The van der Waals surface area contributed by atoms with Gasteiger partial charge in [-0.2, -0.15) is 0 Å². The van der Waals surface area contributed by atoms with Crippen molar-refractivity contribution in [2.75, 3.05) is 12.4 Å². The highest BCUT2D eigenvalue weighted by Crippen LogP contribution is 2.32. The predicted octanol–water partition coefficient (Wildman–Crippen LogP) is 7.17. The van der Waals surface area contributed by atoms with Gasteiger partial charge >= 0.3 is 0 Å². The van der Waals surface area contributed by atoms with E-state index >= 15 is 0 Å². The first kappa shape index (κ1) is 28.7. The third kappa shape index (κ3) is 11.5. The molecule has 0 aliphatic rings. The Morgan fingerprint density at radius 2 is 0.812 bits per heavy atom. The molecule has 32 heavy (non-hydrogen) atoms. The van der Waals surface area contributed by atoms with Gasteiger partial charge in [-0.05, 0) is 43.2 Å². The van der Waals surface area contributed by atoms with E-state index in [9.17, 15) is 0 Å². The fourth-order valence-corrected chi connectivity index (χ4v) is 5.97. The number of benzene rings is 3. The molecule has 0 bridgehead atoms. The quantitative estimate of drug-likeness (QED) is 0.163. The fourth-order valence-electron chi connectivity index (χ4n) is 3.48. The molecule has 0 amide bonds. The van der Waals surface area contributed by atoms with E-state index in [0.29, 0.717) is 0 Å². The summed E-state index contributed by atoms with van der Waals surface area (Å²) in [4.78, 5) is 0. The molecule has 0 atom stereocenters. The second kappa shape index (κ2) is 19.1. The maximum atomic E-state index is 5.57. The average molecular weight is 490 g/mol. The highest BCUT2D eigenvalue weighted by molar-refractivity contribution is 7.79. The topological polar surface area (TPSA) is 26.0 Å². The van der Waals surface area contributed by atoms with Gasteiger partial charge < -0.3 is 5.73 Å². The van der Waals surface area contributed by atoms with Crippen molar-refractivity contribution in [2.24, 2.45) is 5.73 Å². The lowest BCUT2D eigenvalue weighted by atomic mass is 10.1. The zero-order valence-corrected chi connectivity index (χ0v) is 21.5. The van der Waals surface area contributed by atoms with Crippen molar-refractivity contribution in [2.45, 2.75) is 51.4 Å². The number of hydrogen-bond acceptors (Lipinski definition) is 1. The Morgan fingerprint density at radius 1 is 0.500 bits per heavy atom. The van der Waals surface area contributed by atoms with Crippen LogP contribution in [0.15, 0.2) is 91.0 Å². The zero-order valence-electron chi connectivity index (χ0n) is 19.0. The van der Waals surface area contributed by atoms with Crippen molar-refractivity contribution in [1.29, 1.82) is 0 Å². The minimum Gasteiger partial charge on any atom is -0.330 e. The summed E-state index contributed by atoms with van der Waals surface area (Å²) >= 11 is 5.57. The van der Waals surface area contributed by atoms with Gasteiger partial charge in [0.1, 0.15) is 0 Å². The molecule has 0 heterocycles. The molecule has 3 aromatic rings. The Labute approximate surface area is 207 Å². The van der Waals surface area contributed by atoms with Crippen LogP contribution in [-0.4, -0.2) is 12.4 Å². The summed E-state index contributed by atoms with van der Waals surface area (Å²) in [6.45, 7) is 0.853. The minimum absolute atomic E-state index is 0. The lowest BCUT2D eigenvalue weighted by Gasteiger charge is -2.18. The van der Waals surface area contributed by atoms with Crippen LogP contribution in [0.2, 0.25) is 0 Å². The average Bonchev–Trinajstić information content (AvgIpc) is 2.84. The van der Waals surface area contributed by atoms with E-state index < -0.39 is 7.92 Å². The van der Waals surface area contributed by atoms with E-state index in [-0.39, 0.29) is 12.4 Å². The molecule has 0 aromatic heterocycles. The van der Waals surface area contributed by atoms with E-state index in [0.717, 1.165) is 12.4 Å². The van der Waals surface area contributed by atoms with Crippen LogP contribution in [-0.2, 0) is 0 Å². The lowest BCUT2D eigenvalue weighted by Crippen LogP contribution is -2.20. The number of halogens is 2. The predicted molar refractivity (Wildman–Crippen MR) is 149 cm³/mol. The molecule has 0 fully saturated rings. The first-order valence-corrected chi connectivity index (χ1v) is 13.5. The SMILES string of the molecule is Cl.NCCCCCCCCCCCl.c1ccc(P(c2ccccc2)c2ccccc2)cc1. The van der Waals surface area contributed by atoms with E-state index in [1.807, 2.05) is 0 Å². The molecular weight excluding hydrogens is 452 g/mol. The molecule has 3 aromatic carbocycles. The number of nitrogens with two attached hydrogens (primary N) is 1. The van der Waals surface area contributed by atoms with Crippen LogP contribution >= 0.6 is 31.9 Å². The monoisotopic (exact) mass is 489 g/mol. The summed E-state index contributed by atoms with van der Waals surface area (Å²) in [5.74, 6) is 0.827. The maximum absolute atomic E-state index is 5.57. The van der Waals surface area contributed by atoms with Gasteiger partial charge in [0.2, 0.25) is 0 Å². The largest absolute Gasteiger partial charge is 0.330 e. The molecule has 0 unspecified atom stereocenters. The molecule has 1 nitrogen and oxygen atoms in total. The van der Waals surface area contributed by atoms with E-state index in [4.69, 9.17) is 17.3 Å². The number of unbranched alkanes of at least 4 members (excludes halogenated alkanes) is 7. The Bertz CT molecular complexity index is 680. The first-order valence-electron chi connectivity index (χ1n) is 11.6. The third-order valence-corrected chi connectivity index (χ3v) is 7.84. The molecular formula is C28H38Cl2NP. The van der Waals surface area contributed by atoms with Gasteiger partial charge in [0.05, 0.1) is 0 Å². The van der Waals surface area contributed by atoms with Gasteiger partial charge in [0, 0.05) is 5.88 Å². The molecule has 0 aliphatic heterocycles. The van der Waals surface area contributed by atoms with Crippen molar-refractivity contribution in [3.05, 3.63) is 91.0 Å². The second-order valence-electron chi connectivity index (χ2n) is 7.65. The summed E-state index contributed by atoms with van der Waals surface area (Å²) in [6.07, 6.45) is 10.5. The Balaban J connectivity index is 0.000000346. The van der Waals surface area contributed by atoms with Gasteiger partial charge in [-0.25, -0.2) is 0 Å². The summed E-state index contributed by atoms with van der Waals surface area (Å²) in [6, 6.07) is 32.3. The number of hydrogen-bond donors (Lipinski definition) is 1. The standard InChI is InChI=1S/C18H15P.C10H22ClN.ClH/c1-4-10-16(11-5-1)19(17-12-6-2-7-13-17)18-14-8-3-9-15-18;11-9-7-5-3-1-2-4-6-8-10-12;/h1-15H;1-10,12H2;1H. The van der Waals surface area contributed by atoms with Gasteiger partial charge in [-0.3, -0.25) is 0 Å². The summed E-state index contributed by atoms with van der Waals surface area (Å²) in [7, 11) is -0.446. The van der Waals surface area contributed by atoms with E-state index in [1.165, 1.54) is 67.3 Å². The van der Waals surface area contributed by atoms with E-state index in [1.54, 1.807) is 0 Å². The van der Waals surface area contributed by atoms with Crippen molar-refractivity contribution in [1.82, 2.24) is 0 Å². The van der Waals surface area contributed by atoms with Crippen molar-refractivity contribution in [3.8, 4) is 0 Å². The van der Waals surface area contributed by atoms with Crippen LogP contribution in [0.3, 0.4) is 0 Å². The molecule has 174 valence electrons. The third-order valence-electron chi connectivity index (χ3n) is 5.13. The minimum atomic E-state index is -0.446. The molecule has 2 N–H and O–H groups in total. The molecule has 3 rings (SSSR count). The van der Waals surface area contributed by atoms with Gasteiger partial charge in [0.15, 0.2) is 0 Å². The van der Waals surface area contributed by atoms with Crippen LogP contribution in [0, 0.1) is 0 Å². The number of alkyl halides is 1. The van der Waals surface area contributed by atoms with E-state index in [2.05, 4.69) is 91.0 Å². The van der Waals surface area contributed by atoms with Crippen LogP contribution in [0.5, 0.6) is 0 Å². The highest BCUT2D eigenvalue weighted by Gasteiger charge is 2.14. The van der Waals surface area contributed by atoms with Gasteiger partial charge in [0.25, 0.3) is 0 Å². The van der Waals surface area contributed by atoms with Crippen LogP contribution in [0.25, 0.3) is 0 Å². The summed E-state index contributed by atoms with van der Waals surface area (Å²) < 4.78 is 0. The first-order chi connectivity index (χ1) is 15.4. The van der Waals surface area contributed by atoms with Crippen LogP contribution in [0.1, 0.15) is 51.4 Å². The van der Waals surface area contributed by atoms with Crippen LogP contribution < -0.4 is 21.6 Å². The molecule has 0 spiro atoms. The molecule has 0 saturated heterocycles. The Hall–Kier alpha value is -1.37. The van der Waals surface area contributed by atoms with Crippen molar-refractivity contribution in [3.63, 3.8) is 0 Å². The smallest absolute Gasteiger partial charge is 0.0223 e. The van der Waals surface area contributed by atoms with Crippen LogP contribution in [0.4, 0.5) is 0 Å². The molecule has 0 radical (unpaired) electrons. The second-order valence-corrected chi connectivity index (χ2v) is 10.2. The summed E-state index contributed by atoms with van der Waals surface area (Å²) in [5.41, 5.74) is 5.39. The van der Waals surface area contributed by atoms with Crippen molar-refractivity contribution >= 4 is 47.8 Å².